The second-order valence-electron chi connectivity index (χ2n) is 10.9. The number of hydrogen-bond donors (Lipinski definition) is 1. The first kappa shape index (κ1) is 26.7. The Morgan fingerprint density at radius 2 is 1.93 bits per heavy atom. The molecule has 208 valence electrons. The molecule has 0 unspecified atom stereocenters. The molecule has 40 heavy (non-hydrogen) atoms. The third kappa shape index (κ3) is 5.18. The van der Waals surface area contributed by atoms with E-state index in [2.05, 4.69) is 16.1 Å². The normalized spacial score (nSPS) is 15.4. The van der Waals surface area contributed by atoms with Gasteiger partial charge in [0.05, 0.1) is 28.1 Å². The van der Waals surface area contributed by atoms with Crippen LogP contribution in [0, 0.1) is 20.8 Å². The van der Waals surface area contributed by atoms with Gasteiger partial charge in [-0.05, 0) is 75.4 Å². The number of fused-ring (bicyclic) bond motifs is 1. The molecule has 2 aliphatic rings. The summed E-state index contributed by atoms with van der Waals surface area (Å²) in [6.07, 6.45) is 5.53. The van der Waals surface area contributed by atoms with Crippen molar-refractivity contribution in [2.24, 2.45) is 0 Å². The second kappa shape index (κ2) is 10.8. The number of nitrogens with zero attached hydrogens (tertiary/aromatic N) is 5. The SMILES string of the molecule is CCC[C@@H](O)COc1ccc(Cl)c(-c2nc(-c3c(C)noc3C)c(C)c(N3Cc4cnc(C5CC5)cc4C3)n2)c1. The maximum Gasteiger partial charge on any atom is 0.163 e. The Kier molecular flexibility index (Phi) is 7.23. The lowest BCUT2D eigenvalue weighted by Gasteiger charge is -2.22. The summed E-state index contributed by atoms with van der Waals surface area (Å²) in [6.45, 7) is 9.59. The number of aromatic nitrogens is 4. The minimum absolute atomic E-state index is 0.210. The fraction of sp³-hybridized carbons (Fsp3) is 0.419. The Hall–Kier alpha value is -3.49. The van der Waals surface area contributed by atoms with Crippen molar-refractivity contribution in [3.8, 4) is 28.4 Å². The molecule has 1 aliphatic carbocycles. The van der Waals surface area contributed by atoms with Crippen LogP contribution < -0.4 is 9.64 Å². The van der Waals surface area contributed by atoms with Gasteiger partial charge in [0.25, 0.3) is 0 Å². The van der Waals surface area contributed by atoms with Crippen molar-refractivity contribution in [3.63, 3.8) is 0 Å². The highest BCUT2D eigenvalue weighted by atomic mass is 35.5. The molecule has 6 rings (SSSR count). The summed E-state index contributed by atoms with van der Waals surface area (Å²) in [5.41, 5.74) is 7.74. The summed E-state index contributed by atoms with van der Waals surface area (Å²) in [5.74, 6) is 3.24. The zero-order valence-corrected chi connectivity index (χ0v) is 24.1. The molecule has 1 aliphatic heterocycles. The smallest absolute Gasteiger partial charge is 0.163 e. The molecule has 4 heterocycles. The van der Waals surface area contributed by atoms with Crippen LogP contribution in [0.5, 0.6) is 5.75 Å². The van der Waals surface area contributed by atoms with Crippen molar-refractivity contribution in [3.05, 3.63) is 69.3 Å². The van der Waals surface area contributed by atoms with Gasteiger partial charge < -0.3 is 19.3 Å². The van der Waals surface area contributed by atoms with Crippen LogP contribution in [0.4, 0.5) is 5.82 Å². The Morgan fingerprint density at radius 3 is 2.65 bits per heavy atom. The van der Waals surface area contributed by atoms with E-state index in [1.54, 1.807) is 12.1 Å². The molecule has 0 amide bonds. The van der Waals surface area contributed by atoms with Crippen molar-refractivity contribution in [2.75, 3.05) is 11.5 Å². The van der Waals surface area contributed by atoms with E-state index >= 15 is 0 Å². The van der Waals surface area contributed by atoms with E-state index in [1.165, 1.54) is 29.7 Å². The molecule has 4 aromatic rings. The molecule has 3 aromatic heterocycles. The van der Waals surface area contributed by atoms with E-state index in [0.29, 0.717) is 40.3 Å². The first-order valence-electron chi connectivity index (χ1n) is 14.0. The number of aliphatic hydroxyl groups excluding tert-OH is 1. The van der Waals surface area contributed by atoms with Crippen molar-refractivity contribution >= 4 is 17.4 Å². The van der Waals surface area contributed by atoms with Crippen LogP contribution in [-0.2, 0) is 13.1 Å². The molecule has 1 aromatic carbocycles. The number of aryl methyl sites for hydroxylation is 2. The van der Waals surface area contributed by atoms with Gasteiger partial charge >= 0.3 is 0 Å². The van der Waals surface area contributed by atoms with Crippen molar-refractivity contribution < 1.29 is 14.4 Å². The maximum atomic E-state index is 10.2. The van der Waals surface area contributed by atoms with E-state index in [-0.39, 0.29) is 6.61 Å². The molecule has 0 radical (unpaired) electrons. The lowest BCUT2D eigenvalue weighted by molar-refractivity contribution is 0.0994. The molecule has 8 nitrogen and oxygen atoms in total. The number of ether oxygens (including phenoxy) is 1. The summed E-state index contributed by atoms with van der Waals surface area (Å²) < 4.78 is 11.4. The molecule has 0 spiro atoms. The summed E-state index contributed by atoms with van der Waals surface area (Å²) in [4.78, 5) is 17.1. The van der Waals surface area contributed by atoms with Crippen molar-refractivity contribution in [1.82, 2.24) is 20.1 Å². The van der Waals surface area contributed by atoms with Crippen molar-refractivity contribution in [2.45, 2.75) is 78.5 Å². The molecule has 0 saturated heterocycles. The quantitative estimate of drug-likeness (QED) is 0.242. The fourth-order valence-electron chi connectivity index (χ4n) is 5.42. The van der Waals surface area contributed by atoms with Gasteiger partial charge in [-0.1, -0.05) is 30.1 Å². The van der Waals surface area contributed by atoms with Crippen LogP contribution >= 0.6 is 11.6 Å². The van der Waals surface area contributed by atoms with Gasteiger partial charge in [0.2, 0.25) is 0 Å². The molecule has 1 N–H and O–H groups in total. The molecule has 9 heteroatoms. The number of rotatable bonds is 9. The average molecular weight is 560 g/mol. The minimum atomic E-state index is -0.524. The Balaban J connectivity index is 1.41. The number of anilines is 1. The van der Waals surface area contributed by atoms with Crippen LogP contribution in [0.25, 0.3) is 22.6 Å². The van der Waals surface area contributed by atoms with Crippen LogP contribution in [0.2, 0.25) is 5.02 Å². The molecular weight excluding hydrogens is 526 g/mol. The standard InChI is InChI=1S/C31H34ClN5O3/c1-5-6-23(38)16-39-24-9-10-26(32)25(12-24)30-34-29(28-18(3)36-40-19(28)4)17(2)31(35-30)37-14-21-11-27(20-7-8-20)33-13-22(21)15-37/h9-13,20,23,38H,5-8,14-16H2,1-4H3/t23-/m1/s1. The zero-order valence-electron chi connectivity index (χ0n) is 23.4. The average Bonchev–Trinajstić information content (AvgIpc) is 3.62. The molecule has 1 atom stereocenters. The molecule has 1 saturated carbocycles. The van der Waals surface area contributed by atoms with Gasteiger partial charge in [0, 0.05) is 42.0 Å². The minimum Gasteiger partial charge on any atom is -0.491 e. The summed E-state index contributed by atoms with van der Waals surface area (Å²) in [7, 11) is 0. The number of pyridine rings is 1. The second-order valence-corrected chi connectivity index (χ2v) is 11.4. The highest BCUT2D eigenvalue weighted by molar-refractivity contribution is 6.33. The molecule has 0 bridgehead atoms. The van der Waals surface area contributed by atoms with E-state index in [9.17, 15) is 5.11 Å². The predicted molar refractivity (Wildman–Crippen MR) is 155 cm³/mol. The lowest BCUT2D eigenvalue weighted by atomic mass is 10.0. The highest BCUT2D eigenvalue weighted by Crippen LogP contribution is 2.42. The predicted octanol–water partition coefficient (Wildman–Crippen LogP) is 6.71. The maximum absolute atomic E-state index is 10.2. The summed E-state index contributed by atoms with van der Waals surface area (Å²) in [6, 6.07) is 7.70. The first-order valence-corrected chi connectivity index (χ1v) is 14.4. The van der Waals surface area contributed by atoms with Gasteiger partial charge in [-0.25, -0.2) is 9.97 Å². The number of hydrogen-bond acceptors (Lipinski definition) is 8. The van der Waals surface area contributed by atoms with E-state index in [0.717, 1.165) is 47.8 Å². The Labute approximate surface area is 239 Å². The fourth-order valence-corrected chi connectivity index (χ4v) is 5.63. The highest BCUT2D eigenvalue weighted by Gasteiger charge is 2.30. The van der Waals surface area contributed by atoms with E-state index in [4.69, 9.17) is 35.8 Å². The van der Waals surface area contributed by atoms with E-state index < -0.39 is 6.10 Å². The molecular formula is C31H34ClN5O3. The third-order valence-corrected chi connectivity index (χ3v) is 8.08. The number of benzene rings is 1. The third-order valence-electron chi connectivity index (χ3n) is 7.75. The van der Waals surface area contributed by atoms with Gasteiger partial charge in [-0.2, -0.15) is 0 Å². The largest absolute Gasteiger partial charge is 0.491 e. The van der Waals surface area contributed by atoms with Crippen LogP contribution in [0.15, 0.2) is 35.0 Å². The summed E-state index contributed by atoms with van der Waals surface area (Å²) in [5, 5.41) is 14.9. The van der Waals surface area contributed by atoms with Crippen LogP contribution in [0.1, 0.15) is 72.4 Å². The summed E-state index contributed by atoms with van der Waals surface area (Å²) >= 11 is 6.72. The van der Waals surface area contributed by atoms with Crippen LogP contribution in [-0.4, -0.2) is 37.9 Å². The lowest BCUT2D eigenvalue weighted by Crippen LogP contribution is -2.19. The zero-order chi connectivity index (χ0) is 28.0. The van der Waals surface area contributed by atoms with Gasteiger partial charge in [-0.3, -0.25) is 4.98 Å². The van der Waals surface area contributed by atoms with Gasteiger partial charge in [-0.15, -0.1) is 0 Å². The first-order chi connectivity index (χ1) is 19.3. The number of halogens is 1. The van der Waals surface area contributed by atoms with Crippen molar-refractivity contribution in [1.29, 1.82) is 0 Å². The van der Waals surface area contributed by atoms with Gasteiger partial charge in [0.15, 0.2) is 5.82 Å². The number of aliphatic hydroxyl groups is 1. The molecule has 1 fully saturated rings. The Bertz CT molecular complexity index is 1550. The Morgan fingerprint density at radius 1 is 1.12 bits per heavy atom. The van der Waals surface area contributed by atoms with Crippen LogP contribution in [0.3, 0.4) is 0 Å². The van der Waals surface area contributed by atoms with Gasteiger partial charge in [0.1, 0.15) is 23.9 Å². The van der Waals surface area contributed by atoms with E-state index in [1.807, 2.05) is 40.0 Å². The topological polar surface area (TPSA) is 97.4 Å². The monoisotopic (exact) mass is 559 g/mol.